The summed E-state index contributed by atoms with van der Waals surface area (Å²) >= 11 is 0. The minimum absolute atomic E-state index is 0.400. The van der Waals surface area contributed by atoms with Gasteiger partial charge in [-0.2, -0.15) is 0 Å². The molecule has 0 spiro atoms. The summed E-state index contributed by atoms with van der Waals surface area (Å²) in [6.07, 6.45) is 0.967. The molecule has 0 saturated carbocycles. The van der Waals surface area contributed by atoms with Crippen LogP contribution >= 0.6 is 0 Å². The van der Waals surface area contributed by atoms with Gasteiger partial charge >= 0.3 is 6.09 Å². The molecule has 79 valence electrons. The van der Waals surface area contributed by atoms with E-state index in [1.807, 2.05) is 0 Å². The van der Waals surface area contributed by atoms with Gasteiger partial charge in [-0.25, -0.2) is 4.79 Å². The maximum Gasteiger partial charge on any atom is 0.409 e. The minimum Gasteiger partial charge on any atom is -0.465 e. The highest BCUT2D eigenvalue weighted by Gasteiger charge is 2.03. The van der Waals surface area contributed by atoms with Crippen LogP contribution in [-0.2, 0) is 11.2 Å². The van der Waals surface area contributed by atoms with Gasteiger partial charge in [0.25, 0.3) is 0 Å². The van der Waals surface area contributed by atoms with E-state index < -0.39 is 12.1 Å². The number of carbonyl (C=O) groups excluding carboxylic acids is 1. The summed E-state index contributed by atoms with van der Waals surface area (Å²) in [6.45, 7) is 0. The van der Waals surface area contributed by atoms with Crippen LogP contribution in [0.4, 0.5) is 10.5 Å². The lowest BCUT2D eigenvalue weighted by Gasteiger charge is -2.05. The Hall–Kier alpha value is -1.88. The Morgan fingerprint density at radius 2 is 2.07 bits per heavy atom. The van der Waals surface area contributed by atoms with Crippen LogP contribution in [-0.4, -0.2) is 23.5 Å². The summed E-state index contributed by atoms with van der Waals surface area (Å²) in [7, 11) is 0. The molecule has 1 aromatic carbocycles. The van der Waals surface area contributed by atoms with E-state index >= 15 is 0 Å². The topological polar surface area (TPSA) is 92.4 Å². The standard InChI is InChI=1S/C10H11N2O3/c11-8(6-13)5-7-1-3-9(4-2-7)12-10(14)15/h1-4,8,12H,5,11H2,(H,14,15)/t8-/m0/s1. The van der Waals surface area contributed by atoms with E-state index in [4.69, 9.17) is 10.8 Å². The summed E-state index contributed by atoms with van der Waals surface area (Å²) in [5, 5.41) is 10.6. The van der Waals surface area contributed by atoms with E-state index in [0.717, 1.165) is 5.56 Å². The number of hydrogen-bond donors (Lipinski definition) is 3. The fourth-order valence-electron chi connectivity index (χ4n) is 1.14. The number of nitrogens with two attached hydrogens (primary N) is 1. The molecule has 0 saturated heterocycles. The number of nitrogens with one attached hydrogen (secondary N) is 1. The van der Waals surface area contributed by atoms with Gasteiger partial charge in [-0.05, 0) is 24.1 Å². The monoisotopic (exact) mass is 207 g/mol. The Balaban J connectivity index is 2.63. The molecule has 1 aromatic rings. The number of rotatable bonds is 4. The van der Waals surface area contributed by atoms with E-state index in [1.165, 1.54) is 0 Å². The SMILES string of the molecule is N[C@H]([C]=O)Cc1ccc(NC(=O)O)cc1. The van der Waals surface area contributed by atoms with E-state index in [0.29, 0.717) is 12.1 Å². The first-order valence-electron chi connectivity index (χ1n) is 4.34. The fourth-order valence-corrected chi connectivity index (χ4v) is 1.14. The lowest BCUT2D eigenvalue weighted by molar-refractivity contribution is 0.210. The van der Waals surface area contributed by atoms with Crippen molar-refractivity contribution in [3.63, 3.8) is 0 Å². The predicted octanol–water partition coefficient (Wildman–Crippen LogP) is 0.756. The predicted molar refractivity (Wildman–Crippen MR) is 55.5 cm³/mol. The molecule has 1 amide bonds. The molecule has 5 nitrogen and oxygen atoms in total. The van der Waals surface area contributed by atoms with Crippen molar-refractivity contribution < 1.29 is 14.7 Å². The van der Waals surface area contributed by atoms with E-state index in [2.05, 4.69) is 5.32 Å². The fraction of sp³-hybridized carbons (Fsp3) is 0.200. The third kappa shape index (κ3) is 3.78. The molecule has 1 radical (unpaired) electrons. The molecule has 0 aliphatic carbocycles. The Kier molecular flexibility index (Phi) is 3.82. The number of carbonyl (C=O) groups is 1. The second kappa shape index (κ2) is 5.11. The molecule has 4 N–H and O–H groups in total. The van der Waals surface area contributed by atoms with Crippen LogP contribution in [0.5, 0.6) is 0 Å². The van der Waals surface area contributed by atoms with Gasteiger partial charge in [-0.1, -0.05) is 12.1 Å². The first-order chi connectivity index (χ1) is 7.11. The van der Waals surface area contributed by atoms with Gasteiger partial charge in [-0.15, -0.1) is 0 Å². The summed E-state index contributed by atoms with van der Waals surface area (Å²) in [5.74, 6) is 0. The lowest BCUT2D eigenvalue weighted by Crippen LogP contribution is -2.23. The normalized spacial score (nSPS) is 11.8. The molecule has 0 aliphatic heterocycles. The number of anilines is 1. The van der Waals surface area contributed by atoms with Crippen molar-refractivity contribution in [1.82, 2.24) is 0 Å². The Labute approximate surface area is 86.9 Å². The quantitative estimate of drug-likeness (QED) is 0.679. The first-order valence-corrected chi connectivity index (χ1v) is 4.34. The molecular formula is C10H11N2O3. The van der Waals surface area contributed by atoms with Gasteiger partial charge in [0.2, 0.25) is 6.29 Å². The average molecular weight is 207 g/mol. The van der Waals surface area contributed by atoms with Crippen LogP contribution in [0.25, 0.3) is 0 Å². The summed E-state index contributed by atoms with van der Waals surface area (Å²) in [6, 6.07) is 6.01. The minimum atomic E-state index is -1.11. The number of benzene rings is 1. The smallest absolute Gasteiger partial charge is 0.409 e. The molecule has 0 aromatic heterocycles. The van der Waals surface area contributed by atoms with Crippen molar-refractivity contribution >= 4 is 18.1 Å². The zero-order valence-electron chi connectivity index (χ0n) is 7.93. The van der Waals surface area contributed by atoms with Crippen molar-refractivity contribution in [2.45, 2.75) is 12.5 Å². The van der Waals surface area contributed by atoms with Crippen LogP contribution < -0.4 is 11.1 Å². The largest absolute Gasteiger partial charge is 0.465 e. The van der Waals surface area contributed by atoms with Crippen molar-refractivity contribution in [3.05, 3.63) is 29.8 Å². The van der Waals surface area contributed by atoms with E-state index in [1.54, 1.807) is 30.6 Å². The second-order valence-electron chi connectivity index (χ2n) is 3.06. The van der Waals surface area contributed by atoms with Crippen LogP contribution in [0.2, 0.25) is 0 Å². The Bertz CT molecular complexity index is 348. The van der Waals surface area contributed by atoms with Gasteiger partial charge in [-0.3, -0.25) is 10.1 Å². The van der Waals surface area contributed by atoms with Crippen molar-refractivity contribution in [2.24, 2.45) is 5.73 Å². The molecule has 0 aliphatic rings. The van der Waals surface area contributed by atoms with Crippen molar-refractivity contribution in [3.8, 4) is 0 Å². The third-order valence-electron chi connectivity index (χ3n) is 1.81. The molecular weight excluding hydrogens is 196 g/mol. The summed E-state index contributed by atoms with van der Waals surface area (Å²) < 4.78 is 0. The van der Waals surface area contributed by atoms with E-state index in [9.17, 15) is 9.59 Å². The molecule has 0 bridgehead atoms. The summed E-state index contributed by atoms with van der Waals surface area (Å²) in [5.41, 5.74) is 6.73. The highest BCUT2D eigenvalue weighted by Crippen LogP contribution is 2.10. The average Bonchev–Trinajstić information content (AvgIpc) is 2.20. The van der Waals surface area contributed by atoms with Gasteiger partial charge in [0.1, 0.15) is 0 Å². The molecule has 1 atom stereocenters. The highest BCUT2D eigenvalue weighted by atomic mass is 16.4. The maximum atomic E-state index is 10.3. The molecule has 0 heterocycles. The zero-order chi connectivity index (χ0) is 11.3. The molecule has 15 heavy (non-hydrogen) atoms. The van der Waals surface area contributed by atoms with Crippen LogP contribution in [0.15, 0.2) is 24.3 Å². The first kappa shape index (κ1) is 11.2. The third-order valence-corrected chi connectivity index (χ3v) is 1.81. The Morgan fingerprint density at radius 3 is 2.53 bits per heavy atom. The van der Waals surface area contributed by atoms with Crippen LogP contribution in [0.1, 0.15) is 5.56 Å². The molecule has 0 unspecified atom stereocenters. The van der Waals surface area contributed by atoms with Gasteiger partial charge < -0.3 is 10.8 Å². The number of amides is 1. The lowest BCUT2D eigenvalue weighted by atomic mass is 10.1. The zero-order valence-corrected chi connectivity index (χ0v) is 7.93. The Morgan fingerprint density at radius 1 is 1.47 bits per heavy atom. The maximum absolute atomic E-state index is 10.3. The van der Waals surface area contributed by atoms with Crippen LogP contribution in [0, 0.1) is 0 Å². The highest BCUT2D eigenvalue weighted by molar-refractivity contribution is 5.82. The van der Waals surface area contributed by atoms with Gasteiger partial charge in [0.15, 0.2) is 0 Å². The molecule has 1 rings (SSSR count). The van der Waals surface area contributed by atoms with Gasteiger partial charge in [0, 0.05) is 5.69 Å². The van der Waals surface area contributed by atoms with Crippen molar-refractivity contribution in [2.75, 3.05) is 5.32 Å². The molecule has 0 fully saturated rings. The summed E-state index contributed by atoms with van der Waals surface area (Å²) in [4.78, 5) is 20.5. The van der Waals surface area contributed by atoms with Gasteiger partial charge in [0.05, 0.1) is 6.04 Å². The van der Waals surface area contributed by atoms with Crippen LogP contribution in [0.3, 0.4) is 0 Å². The van der Waals surface area contributed by atoms with Crippen molar-refractivity contribution in [1.29, 1.82) is 0 Å². The molecule has 5 heteroatoms. The number of carboxylic acid groups (broad SMARTS) is 1. The van der Waals surface area contributed by atoms with E-state index in [-0.39, 0.29) is 0 Å². The second-order valence-corrected chi connectivity index (χ2v) is 3.06. The number of hydrogen-bond acceptors (Lipinski definition) is 3.